The van der Waals surface area contributed by atoms with Gasteiger partial charge in [0, 0.05) is 35.1 Å². The Labute approximate surface area is 215 Å². The van der Waals surface area contributed by atoms with Crippen LogP contribution in [0.2, 0.25) is 0 Å². The minimum absolute atomic E-state index is 0. The number of ketones is 1. The van der Waals surface area contributed by atoms with Crippen molar-refractivity contribution < 1.29 is 54.2 Å². The molecule has 2 aliphatic rings. The van der Waals surface area contributed by atoms with Gasteiger partial charge in [-0.05, 0) is 26.0 Å². The number of amides is 1. The standard InChI is InChI=1S/C22H20N4O5S.Na/c1-9-4-5-12(6-23-9)19(28)16-21-25(8-24-16)7-13(32-21)14-10(2)17-15(11(3)27)20(29)26(17)18(14)22(30)31;/h4-8,10-11,15,17,27H,1-3H3,(H,30,31);/q;+1/p-1/t10-,11+,15+,17+;/m0./s1. The van der Waals surface area contributed by atoms with Gasteiger partial charge in [-0.1, -0.05) is 6.92 Å². The zero-order valence-corrected chi connectivity index (χ0v) is 21.3. The fourth-order valence-corrected chi connectivity index (χ4v) is 5.92. The monoisotopic (exact) mass is 474 g/mol. The van der Waals surface area contributed by atoms with Crippen LogP contribution >= 0.6 is 11.3 Å². The van der Waals surface area contributed by atoms with Crippen molar-refractivity contribution in [3.63, 3.8) is 0 Å². The van der Waals surface area contributed by atoms with E-state index in [0.717, 1.165) is 5.69 Å². The van der Waals surface area contributed by atoms with Crippen molar-refractivity contribution in [3.8, 4) is 0 Å². The molecular weight excluding hydrogens is 455 g/mol. The molecule has 5 heterocycles. The molecule has 0 aromatic carbocycles. The number of aromatic nitrogens is 3. The predicted octanol–water partition coefficient (Wildman–Crippen LogP) is -2.35. The number of carboxylic acids is 1. The molecule has 3 aromatic heterocycles. The molecule has 0 unspecified atom stereocenters. The normalized spacial score (nSPS) is 22.7. The summed E-state index contributed by atoms with van der Waals surface area (Å²) in [6.07, 6.45) is 3.82. The first-order valence-electron chi connectivity index (χ1n) is 10.1. The van der Waals surface area contributed by atoms with Gasteiger partial charge in [-0.25, -0.2) is 4.98 Å². The molecule has 3 aromatic rings. The average Bonchev–Trinajstić information content (AvgIpc) is 3.37. The number of aryl methyl sites for hydroxylation is 1. The van der Waals surface area contributed by atoms with Crippen LogP contribution in [0.3, 0.4) is 0 Å². The van der Waals surface area contributed by atoms with E-state index >= 15 is 0 Å². The molecule has 11 heteroatoms. The Hall–Kier alpha value is -2.37. The summed E-state index contributed by atoms with van der Waals surface area (Å²) in [6, 6.07) is 2.99. The average molecular weight is 474 g/mol. The Morgan fingerprint density at radius 1 is 1.27 bits per heavy atom. The molecular formula is C22H19N4NaO5S. The van der Waals surface area contributed by atoms with Crippen LogP contribution < -0.4 is 34.7 Å². The van der Waals surface area contributed by atoms with Crippen LogP contribution in [0.25, 0.3) is 10.4 Å². The summed E-state index contributed by atoms with van der Waals surface area (Å²) in [6.45, 7) is 5.19. The van der Waals surface area contributed by atoms with Gasteiger partial charge < -0.3 is 19.9 Å². The SMILES string of the molecule is Cc1ccc(C(=O)c2ncn3cc(C4=C(C(=O)[O-])N5C(=O)[C@H]([C@@H](C)O)[C@H]5[C@H]4C)sc23)cn1.[Na+]. The molecule has 33 heavy (non-hydrogen) atoms. The van der Waals surface area contributed by atoms with Gasteiger partial charge in [0.1, 0.15) is 16.9 Å². The zero-order valence-electron chi connectivity index (χ0n) is 18.5. The molecule has 164 valence electrons. The molecule has 0 radical (unpaired) electrons. The van der Waals surface area contributed by atoms with Crippen LogP contribution in [0.4, 0.5) is 0 Å². The zero-order chi connectivity index (χ0) is 22.9. The van der Waals surface area contributed by atoms with Gasteiger partial charge in [-0.2, -0.15) is 0 Å². The molecule has 4 atom stereocenters. The fourth-order valence-electron chi connectivity index (χ4n) is 4.70. The Morgan fingerprint density at radius 2 is 2.00 bits per heavy atom. The minimum Gasteiger partial charge on any atom is -0.543 e. The first-order chi connectivity index (χ1) is 15.2. The summed E-state index contributed by atoms with van der Waals surface area (Å²) in [5.74, 6) is -3.12. The maximum absolute atomic E-state index is 13.0. The number of hydrogen-bond acceptors (Lipinski definition) is 8. The van der Waals surface area contributed by atoms with Gasteiger partial charge >= 0.3 is 29.6 Å². The third-order valence-electron chi connectivity index (χ3n) is 6.23. The fraction of sp³-hybridized carbons (Fsp3) is 0.318. The van der Waals surface area contributed by atoms with Gasteiger partial charge in [0.25, 0.3) is 0 Å². The molecule has 0 aliphatic carbocycles. The Kier molecular flexibility index (Phi) is 6.08. The van der Waals surface area contributed by atoms with Crippen LogP contribution in [0, 0.1) is 18.8 Å². The second kappa shape index (κ2) is 8.44. The van der Waals surface area contributed by atoms with E-state index in [9.17, 15) is 24.6 Å². The summed E-state index contributed by atoms with van der Waals surface area (Å²) in [5, 5.41) is 22.0. The molecule has 2 aliphatic heterocycles. The molecule has 1 fully saturated rings. The van der Waals surface area contributed by atoms with E-state index in [-0.39, 0.29) is 52.6 Å². The van der Waals surface area contributed by atoms with E-state index in [1.165, 1.54) is 35.7 Å². The van der Waals surface area contributed by atoms with Gasteiger partial charge in [0.2, 0.25) is 11.7 Å². The van der Waals surface area contributed by atoms with Gasteiger partial charge in [-0.15, -0.1) is 11.3 Å². The smallest absolute Gasteiger partial charge is 0.543 e. The maximum Gasteiger partial charge on any atom is 1.00 e. The van der Waals surface area contributed by atoms with Crippen molar-refractivity contribution >= 4 is 39.4 Å². The molecule has 1 amide bonds. The van der Waals surface area contributed by atoms with Crippen molar-refractivity contribution in [3.05, 3.63) is 58.4 Å². The van der Waals surface area contributed by atoms with E-state index in [2.05, 4.69) is 9.97 Å². The number of β-lactam (4-membered cyclic amide) rings is 1. The third-order valence-corrected chi connectivity index (χ3v) is 7.37. The molecule has 0 saturated carbocycles. The maximum atomic E-state index is 13.0. The first kappa shape index (κ1) is 23.8. The number of pyridine rings is 1. The number of aliphatic hydroxyl groups is 1. The largest absolute Gasteiger partial charge is 1.00 e. The number of thiazole rings is 1. The number of aliphatic carboxylic acids is 1. The second-order valence-electron chi connectivity index (χ2n) is 8.22. The first-order valence-corrected chi connectivity index (χ1v) is 10.9. The van der Waals surface area contributed by atoms with Crippen molar-refractivity contribution in [2.75, 3.05) is 0 Å². The topological polar surface area (TPSA) is 128 Å². The van der Waals surface area contributed by atoms with E-state index in [1.54, 1.807) is 22.7 Å². The number of aliphatic hydroxyl groups excluding tert-OH is 1. The predicted molar refractivity (Wildman–Crippen MR) is 112 cm³/mol. The molecule has 9 nitrogen and oxygen atoms in total. The summed E-state index contributed by atoms with van der Waals surface area (Å²) >= 11 is 1.23. The third kappa shape index (κ3) is 3.48. The molecule has 1 saturated heterocycles. The summed E-state index contributed by atoms with van der Waals surface area (Å²) in [5.41, 5.74) is 1.74. The molecule has 1 N–H and O–H groups in total. The molecule has 5 rings (SSSR count). The number of rotatable bonds is 5. The second-order valence-corrected chi connectivity index (χ2v) is 9.25. The number of carbonyl (C=O) groups is 3. The number of carbonyl (C=O) groups excluding carboxylic acids is 3. The van der Waals surface area contributed by atoms with E-state index in [4.69, 9.17) is 0 Å². The Bertz CT molecular complexity index is 1330. The number of hydrogen-bond donors (Lipinski definition) is 1. The number of fused-ring (bicyclic) bond motifs is 2. The van der Waals surface area contributed by atoms with Crippen molar-refractivity contribution in [2.45, 2.75) is 32.9 Å². The minimum atomic E-state index is -1.44. The van der Waals surface area contributed by atoms with E-state index in [1.807, 2.05) is 13.8 Å². The quantitative estimate of drug-likeness (QED) is 0.249. The number of nitrogens with zero attached hydrogens (tertiary/aromatic N) is 4. The van der Waals surface area contributed by atoms with Crippen molar-refractivity contribution in [1.82, 2.24) is 19.3 Å². The Morgan fingerprint density at radius 3 is 2.61 bits per heavy atom. The van der Waals surface area contributed by atoms with E-state index < -0.39 is 29.9 Å². The van der Waals surface area contributed by atoms with Crippen LogP contribution in [0.15, 0.2) is 36.6 Å². The van der Waals surface area contributed by atoms with Crippen LogP contribution in [0.1, 0.15) is 40.5 Å². The Balaban J connectivity index is 0.00000259. The number of imidazole rings is 1. The van der Waals surface area contributed by atoms with Crippen LogP contribution in [-0.4, -0.2) is 54.2 Å². The summed E-state index contributed by atoms with van der Waals surface area (Å²) < 4.78 is 1.67. The van der Waals surface area contributed by atoms with Gasteiger partial charge in [0.05, 0.1) is 34.6 Å². The van der Waals surface area contributed by atoms with Gasteiger partial charge in [0.15, 0.2) is 0 Å². The number of carboxylic acid groups (broad SMARTS) is 1. The molecule has 0 spiro atoms. The van der Waals surface area contributed by atoms with Crippen LogP contribution in [-0.2, 0) is 9.59 Å². The van der Waals surface area contributed by atoms with Gasteiger partial charge in [-0.3, -0.25) is 19.0 Å². The van der Waals surface area contributed by atoms with E-state index in [0.29, 0.717) is 20.8 Å². The van der Waals surface area contributed by atoms with Crippen molar-refractivity contribution in [2.24, 2.45) is 11.8 Å². The molecule has 0 bridgehead atoms. The summed E-state index contributed by atoms with van der Waals surface area (Å²) in [4.78, 5) is 48.3. The van der Waals surface area contributed by atoms with Crippen molar-refractivity contribution in [1.29, 1.82) is 0 Å². The van der Waals surface area contributed by atoms with Crippen LogP contribution in [0.5, 0.6) is 0 Å². The summed E-state index contributed by atoms with van der Waals surface area (Å²) in [7, 11) is 0.